The molecule has 0 saturated carbocycles. The Morgan fingerprint density at radius 2 is 1.28 bits per heavy atom. The topological polar surface area (TPSA) is 21.3 Å². The first kappa shape index (κ1) is 19.0. The standard InChI is InChI=1S/C22H23NO.ClH/c1-18(23-17-19-11-5-2-6-12-19)22(20-13-7-3-8-14-20)24-21-15-9-4-10-16-21;/h2-16,18,22-23H,17H2,1H3;1H. The van der Waals surface area contributed by atoms with Crippen molar-refractivity contribution < 1.29 is 4.74 Å². The van der Waals surface area contributed by atoms with E-state index in [1.165, 1.54) is 11.1 Å². The van der Waals surface area contributed by atoms with Crippen molar-refractivity contribution >= 4 is 12.4 Å². The second-order valence-electron chi connectivity index (χ2n) is 5.92. The van der Waals surface area contributed by atoms with Crippen molar-refractivity contribution in [1.29, 1.82) is 0 Å². The van der Waals surface area contributed by atoms with Gasteiger partial charge in [0.25, 0.3) is 0 Å². The first-order chi connectivity index (χ1) is 11.8. The average molecular weight is 354 g/mol. The van der Waals surface area contributed by atoms with Crippen LogP contribution in [0.4, 0.5) is 0 Å². The molecule has 3 aromatic rings. The lowest BCUT2D eigenvalue weighted by Crippen LogP contribution is -2.34. The van der Waals surface area contributed by atoms with E-state index in [0.717, 1.165) is 12.3 Å². The van der Waals surface area contributed by atoms with E-state index < -0.39 is 0 Å². The third-order valence-corrected chi connectivity index (χ3v) is 4.06. The summed E-state index contributed by atoms with van der Waals surface area (Å²) in [6.07, 6.45) is -0.0442. The highest BCUT2D eigenvalue weighted by Gasteiger charge is 2.20. The van der Waals surface area contributed by atoms with Gasteiger partial charge >= 0.3 is 0 Å². The van der Waals surface area contributed by atoms with E-state index >= 15 is 0 Å². The molecule has 0 amide bonds. The first-order valence-electron chi connectivity index (χ1n) is 8.37. The van der Waals surface area contributed by atoms with Crippen LogP contribution in [0.2, 0.25) is 0 Å². The highest BCUT2D eigenvalue weighted by atomic mass is 35.5. The van der Waals surface area contributed by atoms with Crippen LogP contribution in [0.3, 0.4) is 0 Å². The maximum atomic E-state index is 6.29. The largest absolute Gasteiger partial charge is 0.484 e. The van der Waals surface area contributed by atoms with Gasteiger partial charge in [-0.2, -0.15) is 0 Å². The SMILES string of the molecule is CC(NCc1ccccc1)C(Oc1ccccc1)c1ccccc1.Cl. The minimum atomic E-state index is -0.0442. The zero-order chi connectivity index (χ0) is 16.6. The van der Waals surface area contributed by atoms with Gasteiger partial charge in [0, 0.05) is 12.6 Å². The maximum absolute atomic E-state index is 6.29. The molecule has 2 nitrogen and oxygen atoms in total. The van der Waals surface area contributed by atoms with Gasteiger partial charge in [-0.3, -0.25) is 0 Å². The minimum absolute atomic E-state index is 0. The van der Waals surface area contributed by atoms with Gasteiger partial charge in [0.05, 0.1) is 0 Å². The van der Waals surface area contributed by atoms with E-state index in [-0.39, 0.29) is 24.6 Å². The van der Waals surface area contributed by atoms with Crippen molar-refractivity contribution in [3.05, 3.63) is 102 Å². The second-order valence-corrected chi connectivity index (χ2v) is 5.92. The smallest absolute Gasteiger partial charge is 0.139 e. The van der Waals surface area contributed by atoms with E-state index in [2.05, 4.69) is 60.8 Å². The van der Waals surface area contributed by atoms with Gasteiger partial charge in [-0.05, 0) is 30.2 Å². The molecule has 0 aromatic heterocycles. The number of halogens is 1. The maximum Gasteiger partial charge on any atom is 0.139 e. The Balaban J connectivity index is 0.00000225. The number of ether oxygens (including phenoxy) is 1. The molecule has 0 aliphatic carbocycles. The molecular weight excluding hydrogens is 330 g/mol. The van der Waals surface area contributed by atoms with Crippen LogP contribution in [0, 0.1) is 0 Å². The van der Waals surface area contributed by atoms with Gasteiger partial charge in [-0.1, -0.05) is 78.9 Å². The van der Waals surface area contributed by atoms with Crippen molar-refractivity contribution in [3.63, 3.8) is 0 Å². The second kappa shape index (κ2) is 9.87. The number of hydrogen-bond acceptors (Lipinski definition) is 2. The predicted molar refractivity (Wildman–Crippen MR) is 106 cm³/mol. The van der Waals surface area contributed by atoms with Crippen molar-refractivity contribution in [1.82, 2.24) is 5.32 Å². The molecule has 0 aliphatic heterocycles. The molecule has 0 bridgehead atoms. The lowest BCUT2D eigenvalue weighted by molar-refractivity contribution is 0.161. The van der Waals surface area contributed by atoms with Crippen molar-refractivity contribution in [2.45, 2.75) is 25.6 Å². The molecule has 25 heavy (non-hydrogen) atoms. The Morgan fingerprint density at radius 3 is 1.88 bits per heavy atom. The number of benzene rings is 3. The molecule has 2 atom stereocenters. The van der Waals surface area contributed by atoms with Crippen LogP contribution in [-0.2, 0) is 6.54 Å². The Hall–Kier alpha value is -2.29. The predicted octanol–water partition coefficient (Wildman–Crippen LogP) is 5.41. The summed E-state index contributed by atoms with van der Waals surface area (Å²) < 4.78 is 6.29. The van der Waals surface area contributed by atoms with Crippen LogP contribution < -0.4 is 10.1 Å². The summed E-state index contributed by atoms with van der Waals surface area (Å²) in [5, 5.41) is 3.59. The van der Waals surface area contributed by atoms with Crippen LogP contribution in [-0.4, -0.2) is 6.04 Å². The Kier molecular flexibility index (Phi) is 7.52. The number of rotatable bonds is 7. The lowest BCUT2D eigenvalue weighted by Gasteiger charge is -2.26. The quantitative estimate of drug-likeness (QED) is 0.613. The number of hydrogen-bond donors (Lipinski definition) is 1. The van der Waals surface area contributed by atoms with Gasteiger partial charge in [0.15, 0.2) is 0 Å². The van der Waals surface area contributed by atoms with Crippen LogP contribution in [0.15, 0.2) is 91.0 Å². The molecule has 3 heteroatoms. The van der Waals surface area contributed by atoms with Crippen molar-refractivity contribution in [2.24, 2.45) is 0 Å². The Morgan fingerprint density at radius 1 is 0.760 bits per heavy atom. The van der Waals surface area contributed by atoms with Crippen LogP contribution >= 0.6 is 12.4 Å². The van der Waals surface area contributed by atoms with Crippen LogP contribution in [0.25, 0.3) is 0 Å². The van der Waals surface area contributed by atoms with Gasteiger partial charge in [-0.25, -0.2) is 0 Å². The molecule has 3 rings (SSSR count). The summed E-state index contributed by atoms with van der Waals surface area (Å²) in [4.78, 5) is 0. The Labute approximate surface area is 156 Å². The number of para-hydroxylation sites is 1. The van der Waals surface area contributed by atoms with Gasteiger partial charge in [0.1, 0.15) is 11.9 Å². The highest BCUT2D eigenvalue weighted by molar-refractivity contribution is 5.85. The van der Waals surface area contributed by atoms with E-state index in [0.29, 0.717) is 0 Å². The fraction of sp³-hybridized carbons (Fsp3) is 0.182. The molecule has 0 aliphatic rings. The van der Waals surface area contributed by atoms with Gasteiger partial charge in [-0.15, -0.1) is 12.4 Å². The summed E-state index contributed by atoms with van der Waals surface area (Å²) in [7, 11) is 0. The molecule has 3 aromatic carbocycles. The fourth-order valence-corrected chi connectivity index (χ4v) is 2.73. The van der Waals surface area contributed by atoms with Crippen LogP contribution in [0.5, 0.6) is 5.75 Å². The number of nitrogens with one attached hydrogen (secondary N) is 1. The zero-order valence-corrected chi connectivity index (χ0v) is 15.2. The van der Waals surface area contributed by atoms with Crippen molar-refractivity contribution in [3.8, 4) is 5.75 Å². The molecular formula is C22H24ClNO. The summed E-state index contributed by atoms with van der Waals surface area (Å²) in [6.45, 7) is 2.99. The molecule has 1 N–H and O–H groups in total. The van der Waals surface area contributed by atoms with E-state index in [1.807, 2.05) is 42.5 Å². The van der Waals surface area contributed by atoms with E-state index in [4.69, 9.17) is 4.74 Å². The summed E-state index contributed by atoms with van der Waals surface area (Å²) in [6, 6.07) is 31.0. The van der Waals surface area contributed by atoms with E-state index in [9.17, 15) is 0 Å². The minimum Gasteiger partial charge on any atom is -0.484 e. The van der Waals surface area contributed by atoms with E-state index in [1.54, 1.807) is 0 Å². The fourth-order valence-electron chi connectivity index (χ4n) is 2.73. The third kappa shape index (κ3) is 5.63. The highest BCUT2D eigenvalue weighted by Crippen LogP contribution is 2.25. The zero-order valence-electron chi connectivity index (χ0n) is 14.3. The lowest BCUT2D eigenvalue weighted by atomic mass is 10.0. The monoisotopic (exact) mass is 353 g/mol. The van der Waals surface area contributed by atoms with Gasteiger partial charge < -0.3 is 10.1 Å². The average Bonchev–Trinajstić information content (AvgIpc) is 2.66. The molecule has 0 saturated heterocycles. The molecule has 0 radical (unpaired) electrons. The molecule has 2 unspecified atom stereocenters. The molecule has 0 spiro atoms. The normalized spacial score (nSPS) is 12.7. The summed E-state index contributed by atoms with van der Waals surface area (Å²) >= 11 is 0. The summed E-state index contributed by atoms with van der Waals surface area (Å²) in [5.74, 6) is 0.889. The molecule has 0 heterocycles. The Bertz CT molecular complexity index is 719. The summed E-state index contributed by atoms with van der Waals surface area (Å²) in [5.41, 5.74) is 2.45. The third-order valence-electron chi connectivity index (χ3n) is 4.06. The van der Waals surface area contributed by atoms with Gasteiger partial charge in [0.2, 0.25) is 0 Å². The van der Waals surface area contributed by atoms with Crippen molar-refractivity contribution in [2.75, 3.05) is 0 Å². The first-order valence-corrected chi connectivity index (χ1v) is 8.37. The molecule has 0 fully saturated rings. The molecule has 130 valence electrons. The van der Waals surface area contributed by atoms with Crippen LogP contribution in [0.1, 0.15) is 24.2 Å².